The third-order valence-electron chi connectivity index (χ3n) is 0. The van der Waals surface area contributed by atoms with Crippen LogP contribution in [-0.2, 0) is 42.8 Å². The Hall–Kier alpha value is 1.47. The Bertz CT molecular complexity index is 8.00. The first-order chi connectivity index (χ1) is 0. The second-order valence-electron chi connectivity index (χ2n) is 0. The molecule has 0 fully saturated rings. The molecule has 0 aliphatic carbocycles. The van der Waals surface area contributed by atoms with Gasteiger partial charge in [0, 0.05) is 42.8 Å². The molecule has 4 heavy (non-hydrogen) atoms. The van der Waals surface area contributed by atoms with Crippen molar-refractivity contribution in [3.8, 4) is 0 Å². The van der Waals surface area contributed by atoms with E-state index in [0.29, 0.717) is 0 Å². The molecule has 0 N–H and O–H groups in total. The first kappa shape index (κ1) is 50.7. The molecule has 24 valence electrons. The summed E-state index contributed by atoms with van der Waals surface area (Å²) in [5.41, 5.74) is 0. The molecule has 0 rings (SSSR count). The zero-order valence-electron chi connectivity index (χ0n) is 0.908. The number of rotatable bonds is 0. The fourth-order valence-corrected chi connectivity index (χ4v) is 0. The smallest absolute Gasteiger partial charge is 0.0776 e. The molecule has 0 saturated heterocycles. The molecule has 0 radical (unpaired) electrons. The fraction of sp³-hybridized carbons (Fsp3) is 1.00. The SMILES string of the molecule is B.C.[Ti].[W]. The van der Waals surface area contributed by atoms with Gasteiger partial charge in [-0.15, -0.1) is 0 Å². The van der Waals surface area contributed by atoms with E-state index in [-0.39, 0.29) is 58.6 Å². The Labute approximate surface area is 58.5 Å². The van der Waals surface area contributed by atoms with Gasteiger partial charge in [-0.2, -0.15) is 0 Å². The Balaban J connectivity index is 0. The molecule has 0 aromatic heterocycles. The van der Waals surface area contributed by atoms with Gasteiger partial charge in [0.15, 0.2) is 0 Å². The predicted molar refractivity (Wildman–Crippen MR) is 16.7 cm³/mol. The van der Waals surface area contributed by atoms with Crippen LogP contribution in [0.2, 0.25) is 0 Å². The maximum absolute atomic E-state index is 0. The summed E-state index contributed by atoms with van der Waals surface area (Å²) in [6.45, 7) is 0. The fourth-order valence-electron chi connectivity index (χ4n) is 0. The molecule has 0 heterocycles. The van der Waals surface area contributed by atoms with E-state index in [9.17, 15) is 0 Å². The van der Waals surface area contributed by atoms with Crippen molar-refractivity contribution in [3.63, 3.8) is 0 Å². The Morgan fingerprint density at radius 1 is 1.00 bits per heavy atom. The van der Waals surface area contributed by atoms with Crippen LogP contribution in [0.3, 0.4) is 0 Å². The summed E-state index contributed by atoms with van der Waals surface area (Å²) in [5.74, 6) is 0. The average Bonchev–Trinajstić information content (AvgIpc) is 0. The van der Waals surface area contributed by atoms with Crippen molar-refractivity contribution in [1.29, 1.82) is 0 Å². The Kier molecular flexibility index (Phi) is 316. The monoisotopic (exact) mass is 262 g/mol. The van der Waals surface area contributed by atoms with Crippen LogP contribution < -0.4 is 0 Å². The van der Waals surface area contributed by atoms with E-state index in [1.54, 1.807) is 0 Å². The van der Waals surface area contributed by atoms with Crippen molar-refractivity contribution < 1.29 is 42.8 Å². The molecule has 0 aliphatic heterocycles. The van der Waals surface area contributed by atoms with E-state index in [2.05, 4.69) is 0 Å². The van der Waals surface area contributed by atoms with Gasteiger partial charge in [0.25, 0.3) is 0 Å². The predicted octanol–water partition coefficient (Wildman–Crippen LogP) is -0.553. The molecule has 0 atom stereocenters. The van der Waals surface area contributed by atoms with Crippen molar-refractivity contribution in [3.05, 3.63) is 0 Å². The zero-order valence-corrected chi connectivity index (χ0v) is 5.40. The Morgan fingerprint density at radius 2 is 1.00 bits per heavy atom. The largest absolute Gasteiger partial charge is 0.0814 e. The van der Waals surface area contributed by atoms with Crippen LogP contribution in [0.5, 0.6) is 0 Å². The van der Waals surface area contributed by atoms with Crippen LogP contribution in [0.15, 0.2) is 0 Å². The summed E-state index contributed by atoms with van der Waals surface area (Å²) in [5, 5.41) is 0. The molecular weight excluding hydrogens is 255 g/mol. The van der Waals surface area contributed by atoms with E-state index in [0.717, 1.165) is 0 Å². The third-order valence-corrected chi connectivity index (χ3v) is 0. The van der Waals surface area contributed by atoms with Crippen LogP contribution in [-0.4, -0.2) is 8.41 Å². The van der Waals surface area contributed by atoms with Crippen LogP contribution in [0.4, 0.5) is 0 Å². The van der Waals surface area contributed by atoms with Gasteiger partial charge in [-0.3, -0.25) is 0 Å². The summed E-state index contributed by atoms with van der Waals surface area (Å²) in [6.07, 6.45) is 0. The molecule has 0 nitrogen and oxygen atoms in total. The van der Waals surface area contributed by atoms with Gasteiger partial charge in [0.05, 0.1) is 8.41 Å². The number of hydrogen-bond acceptors (Lipinski definition) is 0. The standard InChI is InChI=1S/CH4.BH3.Ti.W/h1H4;1H3;;. The van der Waals surface area contributed by atoms with E-state index in [4.69, 9.17) is 0 Å². The second kappa shape index (κ2) is 24.9. The summed E-state index contributed by atoms with van der Waals surface area (Å²) >= 11 is 0. The summed E-state index contributed by atoms with van der Waals surface area (Å²) in [4.78, 5) is 0. The molecule has 0 unspecified atom stereocenters. The van der Waals surface area contributed by atoms with Gasteiger partial charge in [0.1, 0.15) is 0 Å². The maximum Gasteiger partial charge on any atom is 0.0814 e. The molecule has 0 spiro atoms. The van der Waals surface area contributed by atoms with Crippen LogP contribution >= 0.6 is 0 Å². The van der Waals surface area contributed by atoms with E-state index in [1.165, 1.54) is 0 Å². The molecule has 0 saturated carbocycles. The quantitative estimate of drug-likeness (QED) is 0.513. The van der Waals surface area contributed by atoms with Gasteiger partial charge >= 0.3 is 0 Å². The van der Waals surface area contributed by atoms with Crippen molar-refractivity contribution >= 4 is 8.41 Å². The minimum Gasteiger partial charge on any atom is -0.0776 e. The molecule has 3 heteroatoms. The van der Waals surface area contributed by atoms with E-state index >= 15 is 0 Å². The first-order valence-corrected chi connectivity index (χ1v) is 0. The van der Waals surface area contributed by atoms with Gasteiger partial charge in [0.2, 0.25) is 0 Å². The van der Waals surface area contributed by atoms with Crippen molar-refractivity contribution in [2.45, 2.75) is 7.43 Å². The molecule has 0 aromatic rings. The van der Waals surface area contributed by atoms with Crippen molar-refractivity contribution in [2.75, 3.05) is 0 Å². The van der Waals surface area contributed by atoms with Crippen molar-refractivity contribution in [2.24, 2.45) is 0 Å². The molecule has 0 aromatic carbocycles. The molecule has 0 bridgehead atoms. The maximum atomic E-state index is 0. The second-order valence-corrected chi connectivity index (χ2v) is 0. The van der Waals surface area contributed by atoms with Crippen LogP contribution in [0.25, 0.3) is 0 Å². The molecular formula is CH7BTiW. The molecule has 0 aliphatic rings. The summed E-state index contributed by atoms with van der Waals surface area (Å²) < 4.78 is 0. The third kappa shape index (κ3) is 9.80. The molecule has 0 amide bonds. The normalized spacial score (nSPS) is 0. The van der Waals surface area contributed by atoms with Gasteiger partial charge in [-0.25, -0.2) is 0 Å². The first-order valence-electron chi connectivity index (χ1n) is 0. The van der Waals surface area contributed by atoms with Crippen molar-refractivity contribution in [1.82, 2.24) is 0 Å². The topological polar surface area (TPSA) is 0 Å². The Morgan fingerprint density at radius 3 is 1.00 bits per heavy atom. The van der Waals surface area contributed by atoms with E-state index in [1.807, 2.05) is 0 Å². The average molecular weight is 262 g/mol. The summed E-state index contributed by atoms with van der Waals surface area (Å²) in [7, 11) is 0. The number of hydrogen-bond donors (Lipinski definition) is 0. The van der Waals surface area contributed by atoms with Crippen LogP contribution in [0, 0.1) is 0 Å². The zero-order chi connectivity index (χ0) is 0. The van der Waals surface area contributed by atoms with Gasteiger partial charge < -0.3 is 0 Å². The summed E-state index contributed by atoms with van der Waals surface area (Å²) in [6, 6.07) is 0. The minimum atomic E-state index is 0. The minimum absolute atomic E-state index is 0. The van der Waals surface area contributed by atoms with Gasteiger partial charge in [-0.1, -0.05) is 7.43 Å². The van der Waals surface area contributed by atoms with Crippen LogP contribution in [0.1, 0.15) is 7.43 Å². The van der Waals surface area contributed by atoms with E-state index < -0.39 is 0 Å². The van der Waals surface area contributed by atoms with Gasteiger partial charge in [-0.05, 0) is 0 Å².